The number of benzene rings is 1. The third-order valence-electron chi connectivity index (χ3n) is 3.25. The van der Waals surface area contributed by atoms with E-state index in [0.29, 0.717) is 23.0 Å². The molecule has 0 aliphatic rings. The van der Waals surface area contributed by atoms with E-state index >= 15 is 0 Å². The van der Waals surface area contributed by atoms with Gasteiger partial charge in [0, 0.05) is 11.6 Å². The van der Waals surface area contributed by atoms with Crippen molar-refractivity contribution in [2.75, 3.05) is 18.2 Å². The van der Waals surface area contributed by atoms with E-state index in [4.69, 9.17) is 11.6 Å². The minimum atomic E-state index is -0.106. The Hall–Kier alpha value is -2.18. The highest BCUT2D eigenvalue weighted by Gasteiger charge is 2.14. The number of aliphatic hydroxyl groups is 1. The van der Waals surface area contributed by atoms with Crippen molar-refractivity contribution >= 4 is 28.5 Å². The Kier molecular flexibility index (Phi) is 3.72. The molecular formula is C14H14ClN5O. The molecule has 1 aromatic carbocycles. The van der Waals surface area contributed by atoms with Gasteiger partial charge in [-0.15, -0.1) is 0 Å². The van der Waals surface area contributed by atoms with Gasteiger partial charge in [0.15, 0.2) is 5.65 Å². The third-order valence-corrected chi connectivity index (χ3v) is 3.48. The SMILES string of the molecule is CCN(CO)c1ncnc2c1cnn2-c1cccc(Cl)c1. The minimum absolute atomic E-state index is 0.106. The Morgan fingerprint density at radius 2 is 2.19 bits per heavy atom. The third kappa shape index (κ3) is 2.43. The Morgan fingerprint density at radius 1 is 1.33 bits per heavy atom. The molecule has 0 fully saturated rings. The van der Waals surface area contributed by atoms with Crippen LogP contribution in [0.1, 0.15) is 6.92 Å². The molecule has 108 valence electrons. The molecule has 2 heterocycles. The van der Waals surface area contributed by atoms with Crippen LogP contribution >= 0.6 is 11.6 Å². The van der Waals surface area contributed by atoms with Gasteiger partial charge in [-0.3, -0.25) is 0 Å². The average molecular weight is 304 g/mol. The molecule has 3 aromatic rings. The molecule has 0 bridgehead atoms. The zero-order valence-electron chi connectivity index (χ0n) is 11.4. The van der Waals surface area contributed by atoms with Crippen molar-refractivity contribution in [2.24, 2.45) is 0 Å². The first-order chi connectivity index (χ1) is 10.2. The molecule has 2 aromatic heterocycles. The number of halogens is 1. The molecule has 3 rings (SSSR count). The number of fused-ring (bicyclic) bond motifs is 1. The fraction of sp³-hybridized carbons (Fsp3) is 0.214. The first-order valence-electron chi connectivity index (χ1n) is 6.55. The number of nitrogens with zero attached hydrogens (tertiary/aromatic N) is 5. The highest BCUT2D eigenvalue weighted by molar-refractivity contribution is 6.30. The van der Waals surface area contributed by atoms with Crippen LogP contribution < -0.4 is 4.90 Å². The van der Waals surface area contributed by atoms with Crippen molar-refractivity contribution in [2.45, 2.75) is 6.92 Å². The van der Waals surface area contributed by atoms with Crippen molar-refractivity contribution in [1.29, 1.82) is 0 Å². The fourth-order valence-corrected chi connectivity index (χ4v) is 2.38. The highest BCUT2D eigenvalue weighted by atomic mass is 35.5. The maximum atomic E-state index is 9.42. The first kappa shape index (κ1) is 13.8. The van der Waals surface area contributed by atoms with Crippen LogP contribution in [0.3, 0.4) is 0 Å². The van der Waals surface area contributed by atoms with Crippen LogP contribution in [0.25, 0.3) is 16.7 Å². The van der Waals surface area contributed by atoms with Gasteiger partial charge in [0.1, 0.15) is 18.9 Å². The van der Waals surface area contributed by atoms with Crippen LogP contribution in [0.15, 0.2) is 36.8 Å². The summed E-state index contributed by atoms with van der Waals surface area (Å²) in [5.41, 5.74) is 1.50. The van der Waals surface area contributed by atoms with E-state index in [1.165, 1.54) is 6.33 Å². The molecule has 0 unspecified atom stereocenters. The zero-order chi connectivity index (χ0) is 14.8. The molecule has 0 amide bonds. The Labute approximate surface area is 126 Å². The van der Waals surface area contributed by atoms with E-state index in [-0.39, 0.29) is 6.73 Å². The average Bonchev–Trinajstić information content (AvgIpc) is 2.93. The minimum Gasteiger partial charge on any atom is -0.376 e. The summed E-state index contributed by atoms with van der Waals surface area (Å²) in [6, 6.07) is 7.39. The molecule has 1 N–H and O–H groups in total. The molecule has 0 aliphatic heterocycles. The van der Waals surface area contributed by atoms with E-state index in [0.717, 1.165) is 11.1 Å². The normalized spacial score (nSPS) is 11.0. The van der Waals surface area contributed by atoms with Gasteiger partial charge in [-0.05, 0) is 25.1 Å². The summed E-state index contributed by atoms with van der Waals surface area (Å²) in [7, 11) is 0. The summed E-state index contributed by atoms with van der Waals surface area (Å²) >= 11 is 6.02. The van der Waals surface area contributed by atoms with Crippen LogP contribution in [0.5, 0.6) is 0 Å². The van der Waals surface area contributed by atoms with Crippen molar-refractivity contribution in [3.05, 3.63) is 41.8 Å². The fourth-order valence-electron chi connectivity index (χ4n) is 2.20. The summed E-state index contributed by atoms with van der Waals surface area (Å²) in [5.74, 6) is 0.665. The second-order valence-corrected chi connectivity index (χ2v) is 4.90. The lowest BCUT2D eigenvalue weighted by Crippen LogP contribution is -2.24. The first-order valence-corrected chi connectivity index (χ1v) is 6.93. The monoisotopic (exact) mass is 303 g/mol. The lowest BCUT2D eigenvalue weighted by Gasteiger charge is -2.18. The summed E-state index contributed by atoms with van der Waals surface area (Å²) < 4.78 is 1.71. The molecule has 0 aliphatic carbocycles. The van der Waals surface area contributed by atoms with E-state index < -0.39 is 0 Å². The number of hydrogen-bond donors (Lipinski definition) is 1. The maximum absolute atomic E-state index is 9.42. The summed E-state index contributed by atoms with van der Waals surface area (Å²) in [4.78, 5) is 10.3. The molecule has 21 heavy (non-hydrogen) atoms. The van der Waals surface area contributed by atoms with Gasteiger partial charge in [0.2, 0.25) is 0 Å². The van der Waals surface area contributed by atoms with Crippen LogP contribution in [0.4, 0.5) is 5.82 Å². The summed E-state index contributed by atoms with van der Waals surface area (Å²) in [5, 5.41) is 15.2. The van der Waals surface area contributed by atoms with Gasteiger partial charge in [-0.2, -0.15) is 5.10 Å². The second-order valence-electron chi connectivity index (χ2n) is 4.47. The van der Waals surface area contributed by atoms with Crippen LogP contribution in [0, 0.1) is 0 Å². The number of hydrogen-bond acceptors (Lipinski definition) is 5. The topological polar surface area (TPSA) is 67.1 Å². The Balaban J connectivity index is 2.17. The Bertz CT molecular complexity index is 769. The van der Waals surface area contributed by atoms with Gasteiger partial charge in [0.25, 0.3) is 0 Å². The quantitative estimate of drug-likeness (QED) is 0.749. The van der Waals surface area contributed by atoms with E-state index in [1.54, 1.807) is 15.8 Å². The predicted octanol–water partition coefficient (Wildman–Crippen LogP) is 2.25. The number of anilines is 1. The number of rotatable bonds is 4. The largest absolute Gasteiger partial charge is 0.376 e. The van der Waals surface area contributed by atoms with Crippen LogP contribution in [0.2, 0.25) is 5.02 Å². The van der Waals surface area contributed by atoms with Crippen molar-refractivity contribution in [1.82, 2.24) is 19.7 Å². The molecule has 0 radical (unpaired) electrons. The summed E-state index contributed by atoms with van der Waals surface area (Å²) in [6.07, 6.45) is 3.17. The van der Waals surface area contributed by atoms with Gasteiger partial charge in [-0.1, -0.05) is 17.7 Å². The summed E-state index contributed by atoms with van der Waals surface area (Å²) in [6.45, 7) is 2.49. The van der Waals surface area contributed by atoms with Gasteiger partial charge in [0.05, 0.1) is 17.3 Å². The highest BCUT2D eigenvalue weighted by Crippen LogP contribution is 2.25. The lowest BCUT2D eigenvalue weighted by atomic mass is 10.3. The molecule has 0 saturated heterocycles. The van der Waals surface area contributed by atoms with E-state index in [9.17, 15) is 5.11 Å². The molecule has 0 spiro atoms. The molecular weight excluding hydrogens is 290 g/mol. The molecule has 6 nitrogen and oxygen atoms in total. The van der Waals surface area contributed by atoms with E-state index in [2.05, 4.69) is 15.1 Å². The Morgan fingerprint density at radius 3 is 2.90 bits per heavy atom. The lowest BCUT2D eigenvalue weighted by molar-refractivity contribution is 0.292. The smallest absolute Gasteiger partial charge is 0.168 e. The van der Waals surface area contributed by atoms with Gasteiger partial charge in [-0.25, -0.2) is 14.6 Å². The standard InChI is InChI=1S/C14H14ClN5O/c1-2-19(9-21)13-12-7-18-20(14(12)17-8-16-13)11-5-3-4-10(15)6-11/h3-8,21H,2,9H2,1H3. The van der Waals surface area contributed by atoms with Crippen molar-refractivity contribution in [3.8, 4) is 5.69 Å². The second kappa shape index (κ2) is 5.67. The van der Waals surface area contributed by atoms with Crippen LogP contribution in [-0.2, 0) is 0 Å². The predicted molar refractivity (Wildman–Crippen MR) is 81.8 cm³/mol. The maximum Gasteiger partial charge on any atom is 0.168 e. The number of aromatic nitrogens is 4. The molecule has 7 heteroatoms. The van der Waals surface area contributed by atoms with Gasteiger partial charge >= 0.3 is 0 Å². The van der Waals surface area contributed by atoms with Gasteiger partial charge < -0.3 is 10.0 Å². The number of aliphatic hydroxyl groups excluding tert-OH is 1. The molecule has 0 atom stereocenters. The zero-order valence-corrected chi connectivity index (χ0v) is 12.2. The van der Waals surface area contributed by atoms with Crippen molar-refractivity contribution < 1.29 is 5.11 Å². The van der Waals surface area contributed by atoms with E-state index in [1.807, 2.05) is 31.2 Å². The van der Waals surface area contributed by atoms with Crippen LogP contribution in [-0.4, -0.2) is 38.1 Å². The van der Waals surface area contributed by atoms with Crippen molar-refractivity contribution in [3.63, 3.8) is 0 Å². The molecule has 0 saturated carbocycles.